The Morgan fingerprint density at radius 1 is 1.29 bits per heavy atom. The first kappa shape index (κ1) is 15.2. The van der Waals surface area contributed by atoms with Gasteiger partial charge in [-0.1, -0.05) is 25.0 Å². The monoisotopic (exact) mass is 290 g/mol. The molecule has 1 saturated carbocycles. The Labute approximate surface area is 124 Å². The number of anilines is 1. The van der Waals surface area contributed by atoms with E-state index >= 15 is 0 Å². The van der Waals surface area contributed by atoms with Gasteiger partial charge in [-0.25, -0.2) is 4.79 Å². The van der Waals surface area contributed by atoms with E-state index in [1.807, 2.05) is 12.1 Å². The first-order chi connectivity index (χ1) is 10.0. The van der Waals surface area contributed by atoms with Gasteiger partial charge in [0.05, 0.1) is 0 Å². The average Bonchev–Trinajstić information content (AvgIpc) is 2.90. The topological polar surface area (TPSA) is 101 Å². The lowest BCUT2D eigenvalue weighted by atomic mass is 10.2. The zero-order chi connectivity index (χ0) is 15.2. The molecule has 0 bridgehead atoms. The highest BCUT2D eigenvalue weighted by molar-refractivity contribution is 5.83. The van der Waals surface area contributed by atoms with Crippen LogP contribution >= 0.6 is 0 Å². The van der Waals surface area contributed by atoms with Crippen molar-refractivity contribution in [1.82, 2.24) is 10.2 Å². The fourth-order valence-corrected chi connectivity index (χ4v) is 2.64. The number of primary amides is 1. The van der Waals surface area contributed by atoms with E-state index in [9.17, 15) is 9.59 Å². The number of hydrogen-bond donors (Lipinski definition) is 3. The SMILES string of the molecule is NC(=O)CN(Cc1cccc(N)c1)C(=O)NC1CCCC1. The van der Waals surface area contributed by atoms with Crippen LogP contribution in [-0.2, 0) is 11.3 Å². The van der Waals surface area contributed by atoms with Crippen molar-refractivity contribution >= 4 is 17.6 Å². The van der Waals surface area contributed by atoms with Crippen LogP contribution in [0.3, 0.4) is 0 Å². The summed E-state index contributed by atoms with van der Waals surface area (Å²) in [6.07, 6.45) is 4.26. The molecule has 0 aromatic heterocycles. The molecule has 1 aliphatic rings. The highest BCUT2D eigenvalue weighted by Gasteiger charge is 2.22. The Bertz CT molecular complexity index is 512. The molecular formula is C15H22N4O2. The van der Waals surface area contributed by atoms with Crippen LogP contribution in [0.1, 0.15) is 31.2 Å². The Balaban J connectivity index is 2.02. The number of nitrogens with one attached hydrogen (secondary N) is 1. The molecule has 6 nitrogen and oxygen atoms in total. The van der Waals surface area contributed by atoms with Gasteiger partial charge in [0.2, 0.25) is 5.91 Å². The normalized spacial score (nSPS) is 14.9. The minimum absolute atomic E-state index is 0.104. The Morgan fingerprint density at radius 2 is 2.00 bits per heavy atom. The lowest BCUT2D eigenvalue weighted by molar-refractivity contribution is -0.118. The third-order valence-electron chi connectivity index (χ3n) is 3.64. The maximum atomic E-state index is 12.3. The van der Waals surface area contributed by atoms with Gasteiger partial charge in [0.25, 0.3) is 0 Å². The lowest BCUT2D eigenvalue weighted by Crippen LogP contribution is -2.46. The molecule has 0 heterocycles. The summed E-state index contributed by atoms with van der Waals surface area (Å²) in [7, 11) is 0. The fraction of sp³-hybridized carbons (Fsp3) is 0.467. The molecule has 0 unspecified atom stereocenters. The molecule has 1 fully saturated rings. The number of carbonyl (C=O) groups excluding carboxylic acids is 2. The predicted molar refractivity (Wildman–Crippen MR) is 81.2 cm³/mol. The maximum absolute atomic E-state index is 12.3. The number of hydrogen-bond acceptors (Lipinski definition) is 3. The van der Waals surface area contributed by atoms with Gasteiger partial charge in [-0.3, -0.25) is 4.79 Å². The summed E-state index contributed by atoms with van der Waals surface area (Å²) in [6.45, 7) is 0.208. The highest BCUT2D eigenvalue weighted by Crippen LogP contribution is 2.18. The number of benzene rings is 1. The number of nitrogen functional groups attached to an aromatic ring is 1. The summed E-state index contributed by atoms with van der Waals surface area (Å²) in [6, 6.07) is 7.21. The van der Waals surface area contributed by atoms with Crippen LogP contribution in [0.25, 0.3) is 0 Å². The third kappa shape index (κ3) is 4.66. The second-order valence-corrected chi connectivity index (χ2v) is 5.50. The van der Waals surface area contributed by atoms with E-state index in [2.05, 4.69) is 5.32 Å². The minimum Gasteiger partial charge on any atom is -0.399 e. The van der Waals surface area contributed by atoms with Crippen LogP contribution in [0.5, 0.6) is 0 Å². The summed E-state index contributed by atoms with van der Waals surface area (Å²) >= 11 is 0. The molecule has 1 aromatic carbocycles. The summed E-state index contributed by atoms with van der Waals surface area (Å²) in [5, 5.41) is 2.97. The second kappa shape index (κ2) is 6.97. The van der Waals surface area contributed by atoms with Crippen LogP contribution < -0.4 is 16.8 Å². The van der Waals surface area contributed by atoms with Gasteiger partial charge in [-0.2, -0.15) is 0 Å². The molecule has 0 saturated heterocycles. The van der Waals surface area contributed by atoms with Crippen molar-refractivity contribution in [3.63, 3.8) is 0 Å². The van der Waals surface area contributed by atoms with Crippen molar-refractivity contribution in [2.45, 2.75) is 38.3 Å². The van der Waals surface area contributed by atoms with Crippen molar-refractivity contribution in [3.05, 3.63) is 29.8 Å². The largest absolute Gasteiger partial charge is 0.399 e. The average molecular weight is 290 g/mol. The van der Waals surface area contributed by atoms with E-state index in [0.29, 0.717) is 12.2 Å². The first-order valence-corrected chi connectivity index (χ1v) is 7.23. The van der Waals surface area contributed by atoms with Crippen molar-refractivity contribution in [2.75, 3.05) is 12.3 Å². The summed E-state index contributed by atoms with van der Waals surface area (Å²) in [4.78, 5) is 24.9. The zero-order valence-corrected chi connectivity index (χ0v) is 12.0. The Morgan fingerprint density at radius 3 is 2.62 bits per heavy atom. The van der Waals surface area contributed by atoms with Gasteiger partial charge in [0.15, 0.2) is 0 Å². The number of urea groups is 1. The quantitative estimate of drug-likeness (QED) is 0.710. The number of carbonyl (C=O) groups is 2. The maximum Gasteiger partial charge on any atom is 0.318 e. The van der Waals surface area contributed by atoms with Crippen LogP contribution in [0.4, 0.5) is 10.5 Å². The van der Waals surface area contributed by atoms with Crippen molar-refractivity contribution in [3.8, 4) is 0 Å². The Kier molecular flexibility index (Phi) is 5.03. The number of amides is 3. The molecular weight excluding hydrogens is 268 g/mol. The van der Waals surface area contributed by atoms with Gasteiger partial charge in [0, 0.05) is 18.3 Å². The summed E-state index contributed by atoms with van der Waals surface area (Å²) in [5.41, 5.74) is 12.5. The molecule has 1 aromatic rings. The van der Waals surface area contributed by atoms with Gasteiger partial charge in [-0.05, 0) is 30.5 Å². The third-order valence-corrected chi connectivity index (χ3v) is 3.64. The van der Waals surface area contributed by atoms with Gasteiger partial charge in [0.1, 0.15) is 6.54 Å². The van der Waals surface area contributed by atoms with E-state index in [1.54, 1.807) is 12.1 Å². The lowest BCUT2D eigenvalue weighted by Gasteiger charge is -2.24. The first-order valence-electron chi connectivity index (χ1n) is 7.23. The fourth-order valence-electron chi connectivity index (χ4n) is 2.64. The van der Waals surface area contributed by atoms with Crippen LogP contribution in [0.15, 0.2) is 24.3 Å². The molecule has 2 rings (SSSR count). The van der Waals surface area contributed by atoms with E-state index in [4.69, 9.17) is 11.5 Å². The van der Waals surface area contributed by atoms with Crippen LogP contribution in [0.2, 0.25) is 0 Å². The second-order valence-electron chi connectivity index (χ2n) is 5.50. The van der Waals surface area contributed by atoms with Crippen molar-refractivity contribution in [2.24, 2.45) is 5.73 Å². The molecule has 6 heteroatoms. The Hall–Kier alpha value is -2.24. The molecule has 0 aliphatic heterocycles. The van der Waals surface area contributed by atoms with E-state index < -0.39 is 5.91 Å². The van der Waals surface area contributed by atoms with Gasteiger partial charge in [-0.15, -0.1) is 0 Å². The smallest absolute Gasteiger partial charge is 0.318 e. The van der Waals surface area contributed by atoms with Gasteiger partial charge >= 0.3 is 6.03 Å². The molecule has 5 N–H and O–H groups in total. The predicted octanol–water partition coefficient (Wildman–Crippen LogP) is 1.21. The van der Waals surface area contributed by atoms with E-state index in [1.165, 1.54) is 4.90 Å². The van der Waals surface area contributed by atoms with Gasteiger partial charge < -0.3 is 21.7 Å². The molecule has 1 aliphatic carbocycles. The summed E-state index contributed by atoms with van der Waals surface area (Å²) in [5.74, 6) is -0.527. The summed E-state index contributed by atoms with van der Waals surface area (Å²) < 4.78 is 0. The molecule has 21 heavy (non-hydrogen) atoms. The molecule has 3 amide bonds. The van der Waals surface area contributed by atoms with Crippen molar-refractivity contribution < 1.29 is 9.59 Å². The number of rotatable bonds is 5. The highest BCUT2D eigenvalue weighted by atomic mass is 16.2. The number of nitrogens with zero attached hydrogens (tertiary/aromatic N) is 1. The van der Waals surface area contributed by atoms with Crippen LogP contribution in [-0.4, -0.2) is 29.4 Å². The zero-order valence-electron chi connectivity index (χ0n) is 12.0. The molecule has 114 valence electrons. The molecule has 0 radical (unpaired) electrons. The standard InChI is InChI=1S/C15H22N4O2/c16-12-5-3-4-11(8-12)9-19(10-14(17)20)15(21)18-13-6-1-2-7-13/h3-5,8,13H,1-2,6-7,9-10,16H2,(H2,17,20)(H,18,21). The minimum atomic E-state index is -0.527. The van der Waals surface area contributed by atoms with E-state index in [0.717, 1.165) is 31.2 Å². The molecule has 0 spiro atoms. The van der Waals surface area contributed by atoms with E-state index in [-0.39, 0.29) is 18.6 Å². The van der Waals surface area contributed by atoms with Crippen LogP contribution in [0, 0.1) is 0 Å². The van der Waals surface area contributed by atoms with Crippen molar-refractivity contribution in [1.29, 1.82) is 0 Å². The molecule has 0 atom stereocenters. The number of nitrogens with two attached hydrogens (primary N) is 2.